The topological polar surface area (TPSA) is 53.2 Å². The third-order valence-corrected chi connectivity index (χ3v) is 4.20. The predicted molar refractivity (Wildman–Crippen MR) is 95.2 cm³/mol. The maximum absolute atomic E-state index is 12.7. The fraction of sp³-hybridized carbons (Fsp3) is 0.250. The SMILES string of the molecule is O=C(NCC#Cc1cccc(C(F)(F)F)c1)C1CC(c2ccccc2)NN1. The number of benzene rings is 2. The molecule has 0 radical (unpaired) electrons. The molecule has 2 atom stereocenters. The van der Waals surface area contributed by atoms with Gasteiger partial charge in [0.05, 0.1) is 12.1 Å². The van der Waals surface area contributed by atoms with Crippen LogP contribution in [-0.4, -0.2) is 18.5 Å². The summed E-state index contributed by atoms with van der Waals surface area (Å²) in [5.74, 6) is 5.11. The van der Waals surface area contributed by atoms with Gasteiger partial charge >= 0.3 is 6.18 Å². The van der Waals surface area contributed by atoms with E-state index >= 15 is 0 Å². The van der Waals surface area contributed by atoms with Crippen LogP contribution < -0.4 is 16.2 Å². The Hall–Kier alpha value is -2.82. The van der Waals surface area contributed by atoms with Gasteiger partial charge in [0.25, 0.3) is 0 Å². The Bertz CT molecular complexity index is 856. The molecule has 1 heterocycles. The largest absolute Gasteiger partial charge is 0.416 e. The highest BCUT2D eigenvalue weighted by molar-refractivity contribution is 5.82. The summed E-state index contributed by atoms with van der Waals surface area (Å²) in [6.45, 7) is 0.0588. The van der Waals surface area contributed by atoms with Crippen molar-refractivity contribution in [2.45, 2.75) is 24.7 Å². The first-order valence-corrected chi connectivity index (χ1v) is 8.43. The van der Waals surface area contributed by atoms with Gasteiger partial charge in [-0.3, -0.25) is 4.79 Å². The van der Waals surface area contributed by atoms with Gasteiger partial charge in [-0.1, -0.05) is 48.2 Å². The number of halogens is 3. The van der Waals surface area contributed by atoms with Crippen LogP contribution >= 0.6 is 0 Å². The molecule has 1 aliphatic rings. The lowest BCUT2D eigenvalue weighted by atomic mass is 10.0. The number of nitrogens with one attached hydrogen (secondary N) is 3. The molecule has 0 bridgehead atoms. The number of alkyl halides is 3. The maximum Gasteiger partial charge on any atom is 0.416 e. The lowest BCUT2D eigenvalue weighted by molar-refractivity contribution is -0.137. The summed E-state index contributed by atoms with van der Waals surface area (Å²) in [7, 11) is 0. The number of amides is 1. The van der Waals surface area contributed by atoms with Crippen molar-refractivity contribution < 1.29 is 18.0 Å². The van der Waals surface area contributed by atoms with Crippen LogP contribution in [0.3, 0.4) is 0 Å². The summed E-state index contributed by atoms with van der Waals surface area (Å²) in [6.07, 6.45) is -3.81. The number of carbonyl (C=O) groups is 1. The highest BCUT2D eigenvalue weighted by atomic mass is 19.4. The summed E-state index contributed by atoms with van der Waals surface area (Å²) in [6, 6.07) is 14.2. The van der Waals surface area contributed by atoms with Crippen LogP contribution in [0.4, 0.5) is 13.2 Å². The van der Waals surface area contributed by atoms with E-state index in [1.807, 2.05) is 30.3 Å². The molecule has 2 aromatic carbocycles. The number of hydrogen-bond acceptors (Lipinski definition) is 3. The molecule has 2 unspecified atom stereocenters. The lowest BCUT2D eigenvalue weighted by Gasteiger charge is -2.09. The van der Waals surface area contributed by atoms with E-state index in [0.717, 1.165) is 17.7 Å². The highest BCUT2D eigenvalue weighted by Gasteiger charge is 2.30. The van der Waals surface area contributed by atoms with E-state index in [9.17, 15) is 18.0 Å². The summed E-state index contributed by atoms with van der Waals surface area (Å²) >= 11 is 0. The molecular weight excluding hydrogens is 355 g/mol. The van der Waals surface area contributed by atoms with Crippen molar-refractivity contribution in [1.82, 2.24) is 16.2 Å². The fourth-order valence-electron chi connectivity index (χ4n) is 2.81. The molecule has 0 spiro atoms. The van der Waals surface area contributed by atoms with E-state index in [-0.39, 0.29) is 24.1 Å². The van der Waals surface area contributed by atoms with Crippen molar-refractivity contribution in [2.24, 2.45) is 0 Å². The van der Waals surface area contributed by atoms with Crippen LogP contribution in [0.15, 0.2) is 54.6 Å². The molecule has 1 amide bonds. The van der Waals surface area contributed by atoms with Crippen molar-refractivity contribution >= 4 is 5.91 Å². The predicted octanol–water partition coefficient (Wildman–Crippen LogP) is 2.78. The first-order valence-electron chi connectivity index (χ1n) is 8.43. The lowest BCUT2D eigenvalue weighted by Crippen LogP contribution is -2.43. The van der Waals surface area contributed by atoms with Crippen molar-refractivity contribution in [3.63, 3.8) is 0 Å². The Morgan fingerprint density at radius 3 is 2.63 bits per heavy atom. The molecule has 0 aromatic heterocycles. The van der Waals surface area contributed by atoms with E-state index in [4.69, 9.17) is 0 Å². The number of hydrogen-bond donors (Lipinski definition) is 3. The Kier molecular flexibility index (Phi) is 5.79. The number of carbonyl (C=O) groups excluding carboxylic acids is 1. The Morgan fingerprint density at radius 1 is 1.11 bits per heavy atom. The Morgan fingerprint density at radius 2 is 1.89 bits per heavy atom. The second-order valence-corrected chi connectivity index (χ2v) is 6.14. The molecular formula is C20H18F3N3O. The molecule has 0 aliphatic carbocycles. The van der Waals surface area contributed by atoms with E-state index in [2.05, 4.69) is 28.0 Å². The zero-order chi connectivity index (χ0) is 19.3. The molecule has 3 rings (SSSR count). The molecule has 4 nitrogen and oxygen atoms in total. The smallest absolute Gasteiger partial charge is 0.344 e. The van der Waals surface area contributed by atoms with E-state index in [1.54, 1.807) is 0 Å². The highest BCUT2D eigenvalue weighted by Crippen LogP contribution is 2.29. The van der Waals surface area contributed by atoms with Gasteiger partial charge in [0.15, 0.2) is 0 Å². The van der Waals surface area contributed by atoms with Crippen molar-refractivity contribution in [1.29, 1.82) is 0 Å². The quantitative estimate of drug-likeness (QED) is 0.726. The molecule has 2 aromatic rings. The summed E-state index contributed by atoms with van der Waals surface area (Å²) < 4.78 is 38.0. The van der Waals surface area contributed by atoms with Crippen molar-refractivity contribution in [3.8, 4) is 11.8 Å². The molecule has 140 valence electrons. The average Bonchev–Trinajstić information content (AvgIpc) is 3.16. The van der Waals surface area contributed by atoms with Crippen LogP contribution in [-0.2, 0) is 11.0 Å². The molecule has 0 saturated carbocycles. The van der Waals surface area contributed by atoms with Gasteiger partial charge in [0, 0.05) is 11.6 Å². The third kappa shape index (κ3) is 5.09. The van der Waals surface area contributed by atoms with Crippen LogP contribution in [0.2, 0.25) is 0 Å². The van der Waals surface area contributed by atoms with Gasteiger partial charge in [0.1, 0.15) is 6.04 Å². The van der Waals surface area contributed by atoms with Crippen molar-refractivity contribution in [3.05, 3.63) is 71.3 Å². The van der Waals surface area contributed by atoms with Gasteiger partial charge in [-0.05, 0) is 30.2 Å². The molecule has 3 N–H and O–H groups in total. The van der Waals surface area contributed by atoms with Gasteiger partial charge in [-0.25, -0.2) is 10.9 Å². The summed E-state index contributed by atoms with van der Waals surface area (Å²) in [5, 5.41) is 2.67. The minimum atomic E-state index is -4.40. The van der Waals surface area contributed by atoms with Gasteiger partial charge in [-0.2, -0.15) is 13.2 Å². The Balaban J connectivity index is 1.50. The first-order chi connectivity index (χ1) is 12.9. The number of rotatable bonds is 3. The second-order valence-electron chi connectivity index (χ2n) is 6.14. The van der Waals surface area contributed by atoms with E-state index in [1.165, 1.54) is 12.1 Å². The minimum absolute atomic E-state index is 0.0399. The fourth-order valence-corrected chi connectivity index (χ4v) is 2.81. The third-order valence-electron chi connectivity index (χ3n) is 4.20. The van der Waals surface area contributed by atoms with E-state index in [0.29, 0.717) is 6.42 Å². The first kappa shape index (κ1) is 19.0. The summed E-state index contributed by atoms with van der Waals surface area (Å²) in [5.41, 5.74) is 6.64. The second kappa shape index (κ2) is 8.25. The Labute approximate surface area is 155 Å². The zero-order valence-electron chi connectivity index (χ0n) is 14.3. The van der Waals surface area contributed by atoms with Crippen molar-refractivity contribution in [2.75, 3.05) is 6.54 Å². The normalized spacial score (nSPS) is 19.2. The average molecular weight is 373 g/mol. The monoisotopic (exact) mass is 373 g/mol. The molecule has 1 saturated heterocycles. The molecule has 1 fully saturated rings. The van der Waals surface area contributed by atoms with Crippen LogP contribution in [0.5, 0.6) is 0 Å². The van der Waals surface area contributed by atoms with E-state index < -0.39 is 17.8 Å². The number of hydrazine groups is 1. The molecule has 7 heteroatoms. The molecule has 27 heavy (non-hydrogen) atoms. The van der Waals surface area contributed by atoms with Gasteiger partial charge in [-0.15, -0.1) is 0 Å². The maximum atomic E-state index is 12.7. The standard InChI is InChI=1S/C20H18F3N3O/c21-20(22,23)16-10-4-6-14(12-16)7-5-11-24-19(27)18-13-17(25-26-18)15-8-2-1-3-9-15/h1-4,6,8-10,12,17-18,25-26H,11,13H2,(H,24,27). The molecule has 1 aliphatic heterocycles. The minimum Gasteiger partial charge on any atom is -0.344 e. The van der Waals surface area contributed by atoms with Gasteiger partial charge in [0.2, 0.25) is 5.91 Å². The van der Waals surface area contributed by atoms with Crippen LogP contribution in [0, 0.1) is 11.8 Å². The van der Waals surface area contributed by atoms with Crippen LogP contribution in [0.1, 0.15) is 29.2 Å². The van der Waals surface area contributed by atoms with Gasteiger partial charge < -0.3 is 5.32 Å². The van der Waals surface area contributed by atoms with Crippen LogP contribution in [0.25, 0.3) is 0 Å². The summed E-state index contributed by atoms with van der Waals surface area (Å²) in [4.78, 5) is 12.2. The zero-order valence-corrected chi connectivity index (χ0v) is 14.3.